The lowest BCUT2D eigenvalue weighted by Gasteiger charge is -2.10. The maximum atomic E-state index is 6.00. The standard InChI is InChI=1S/C19H28ClN5O3/c1-3-21-19(22-9-5-11-27-13-12-26-2)23-10-8-17-24-18(25-28-17)15-6-4-7-16(20)14-15/h4,6-7,14H,3,5,8-13H2,1-2H3,(H2,21,22,23). The zero-order chi connectivity index (χ0) is 20.0. The molecule has 2 rings (SSSR count). The Hall–Kier alpha value is -2.16. The van der Waals surface area contributed by atoms with E-state index in [9.17, 15) is 0 Å². The van der Waals surface area contributed by atoms with Gasteiger partial charge in [-0.15, -0.1) is 0 Å². The summed E-state index contributed by atoms with van der Waals surface area (Å²) in [7, 11) is 1.66. The molecule has 0 aliphatic carbocycles. The van der Waals surface area contributed by atoms with Gasteiger partial charge in [-0.1, -0.05) is 28.9 Å². The number of nitrogens with one attached hydrogen (secondary N) is 2. The van der Waals surface area contributed by atoms with Gasteiger partial charge in [0.15, 0.2) is 5.96 Å². The van der Waals surface area contributed by atoms with Crippen LogP contribution in [0, 0.1) is 0 Å². The Morgan fingerprint density at radius 2 is 2.14 bits per heavy atom. The molecule has 8 nitrogen and oxygen atoms in total. The van der Waals surface area contributed by atoms with E-state index in [0.717, 1.165) is 24.5 Å². The Labute approximate surface area is 170 Å². The molecule has 0 atom stereocenters. The third kappa shape index (κ3) is 8.24. The number of ether oxygens (including phenoxy) is 2. The van der Waals surface area contributed by atoms with E-state index in [0.29, 0.717) is 56.1 Å². The number of halogens is 1. The van der Waals surface area contributed by atoms with Gasteiger partial charge >= 0.3 is 0 Å². The van der Waals surface area contributed by atoms with Gasteiger partial charge in [0.1, 0.15) is 0 Å². The molecule has 154 valence electrons. The molecule has 0 saturated carbocycles. The molecule has 0 bridgehead atoms. The minimum Gasteiger partial charge on any atom is -0.382 e. The van der Waals surface area contributed by atoms with Crippen molar-refractivity contribution in [2.75, 3.05) is 46.6 Å². The first-order valence-electron chi connectivity index (χ1n) is 9.40. The molecule has 9 heteroatoms. The molecule has 0 amide bonds. The Kier molecular flexibility index (Phi) is 10.3. The highest BCUT2D eigenvalue weighted by Crippen LogP contribution is 2.19. The molecule has 0 radical (unpaired) electrons. The van der Waals surface area contributed by atoms with E-state index in [1.54, 1.807) is 7.11 Å². The highest BCUT2D eigenvalue weighted by molar-refractivity contribution is 6.30. The van der Waals surface area contributed by atoms with Crippen LogP contribution in [0.4, 0.5) is 0 Å². The molecule has 0 fully saturated rings. The molecule has 28 heavy (non-hydrogen) atoms. The average molecular weight is 410 g/mol. The van der Waals surface area contributed by atoms with Crippen molar-refractivity contribution in [2.45, 2.75) is 19.8 Å². The molecule has 1 aromatic carbocycles. The fraction of sp³-hybridized carbons (Fsp3) is 0.526. The van der Waals surface area contributed by atoms with Crippen LogP contribution in [-0.4, -0.2) is 62.7 Å². The molecule has 0 unspecified atom stereocenters. The summed E-state index contributed by atoms with van der Waals surface area (Å²) in [6.07, 6.45) is 1.45. The number of hydrogen-bond acceptors (Lipinski definition) is 6. The van der Waals surface area contributed by atoms with Crippen LogP contribution in [0.2, 0.25) is 5.02 Å². The summed E-state index contributed by atoms with van der Waals surface area (Å²) in [5.74, 6) is 1.85. The lowest BCUT2D eigenvalue weighted by Crippen LogP contribution is -2.38. The SMILES string of the molecule is CCNC(=NCCCOCCOC)NCCc1nc(-c2cccc(Cl)c2)no1. The first-order valence-corrected chi connectivity index (χ1v) is 9.78. The Balaban J connectivity index is 1.74. The molecule has 2 aromatic rings. The van der Waals surface area contributed by atoms with Crippen molar-refractivity contribution >= 4 is 17.6 Å². The van der Waals surface area contributed by atoms with Crippen LogP contribution in [0.25, 0.3) is 11.4 Å². The zero-order valence-electron chi connectivity index (χ0n) is 16.4. The van der Waals surface area contributed by atoms with Crippen LogP contribution in [-0.2, 0) is 15.9 Å². The molecule has 0 saturated heterocycles. The molecule has 2 N–H and O–H groups in total. The third-order valence-electron chi connectivity index (χ3n) is 3.67. The zero-order valence-corrected chi connectivity index (χ0v) is 17.2. The first-order chi connectivity index (χ1) is 13.7. The highest BCUT2D eigenvalue weighted by Gasteiger charge is 2.09. The van der Waals surface area contributed by atoms with Gasteiger partial charge in [-0.25, -0.2) is 0 Å². The van der Waals surface area contributed by atoms with Gasteiger partial charge in [0.2, 0.25) is 11.7 Å². The molecular formula is C19H28ClN5O3. The molecule has 0 spiro atoms. The maximum absolute atomic E-state index is 6.00. The predicted octanol–water partition coefficient (Wildman–Crippen LogP) is 2.54. The van der Waals surface area contributed by atoms with Crippen molar-refractivity contribution < 1.29 is 14.0 Å². The monoisotopic (exact) mass is 409 g/mol. The molecular weight excluding hydrogens is 382 g/mol. The van der Waals surface area contributed by atoms with E-state index in [1.807, 2.05) is 31.2 Å². The summed E-state index contributed by atoms with van der Waals surface area (Å²) in [6.45, 7) is 6.02. The number of guanidine groups is 1. The summed E-state index contributed by atoms with van der Waals surface area (Å²) < 4.78 is 15.7. The minimum absolute atomic E-state index is 0.534. The Bertz CT molecular complexity index is 723. The van der Waals surface area contributed by atoms with Crippen molar-refractivity contribution in [1.82, 2.24) is 20.8 Å². The molecule has 0 aliphatic heterocycles. The predicted molar refractivity (Wildman–Crippen MR) is 110 cm³/mol. The van der Waals surface area contributed by atoms with E-state index < -0.39 is 0 Å². The summed E-state index contributed by atoms with van der Waals surface area (Å²) in [4.78, 5) is 8.94. The minimum atomic E-state index is 0.534. The van der Waals surface area contributed by atoms with E-state index >= 15 is 0 Å². The fourth-order valence-corrected chi connectivity index (χ4v) is 2.52. The van der Waals surface area contributed by atoms with Crippen LogP contribution >= 0.6 is 11.6 Å². The Morgan fingerprint density at radius 1 is 1.25 bits per heavy atom. The lowest BCUT2D eigenvalue weighted by atomic mass is 10.2. The highest BCUT2D eigenvalue weighted by atomic mass is 35.5. The first kappa shape index (κ1) is 22.1. The number of methoxy groups -OCH3 is 1. The number of nitrogens with zero attached hydrogens (tertiary/aromatic N) is 3. The third-order valence-corrected chi connectivity index (χ3v) is 3.91. The average Bonchev–Trinajstić information content (AvgIpc) is 3.16. The van der Waals surface area contributed by atoms with E-state index in [-0.39, 0.29) is 0 Å². The number of rotatable bonds is 12. The quantitative estimate of drug-likeness (QED) is 0.316. The van der Waals surface area contributed by atoms with E-state index in [2.05, 4.69) is 25.8 Å². The second kappa shape index (κ2) is 13.1. The van der Waals surface area contributed by atoms with Gasteiger partial charge in [0, 0.05) is 50.4 Å². The van der Waals surface area contributed by atoms with E-state index in [1.165, 1.54) is 0 Å². The largest absolute Gasteiger partial charge is 0.382 e. The van der Waals surface area contributed by atoms with Crippen LogP contribution in [0.1, 0.15) is 19.2 Å². The number of benzene rings is 1. The normalized spacial score (nSPS) is 11.6. The second-order valence-electron chi connectivity index (χ2n) is 5.92. The fourth-order valence-electron chi connectivity index (χ4n) is 2.33. The van der Waals surface area contributed by atoms with Crippen LogP contribution < -0.4 is 10.6 Å². The second-order valence-corrected chi connectivity index (χ2v) is 6.35. The summed E-state index contributed by atoms with van der Waals surface area (Å²) >= 11 is 6.00. The van der Waals surface area contributed by atoms with Crippen LogP contribution in [0.5, 0.6) is 0 Å². The maximum Gasteiger partial charge on any atom is 0.228 e. The number of hydrogen-bond donors (Lipinski definition) is 2. The van der Waals surface area contributed by atoms with Crippen LogP contribution in [0.3, 0.4) is 0 Å². The van der Waals surface area contributed by atoms with Gasteiger partial charge in [0.05, 0.1) is 13.2 Å². The lowest BCUT2D eigenvalue weighted by molar-refractivity contribution is 0.0702. The smallest absolute Gasteiger partial charge is 0.228 e. The molecule has 1 aromatic heterocycles. The molecule has 0 aliphatic rings. The van der Waals surface area contributed by atoms with Gasteiger partial charge in [-0.05, 0) is 25.5 Å². The van der Waals surface area contributed by atoms with Gasteiger partial charge in [-0.3, -0.25) is 4.99 Å². The molecule has 1 heterocycles. The summed E-state index contributed by atoms with van der Waals surface area (Å²) in [6, 6.07) is 7.37. The van der Waals surface area contributed by atoms with E-state index in [4.69, 9.17) is 25.6 Å². The van der Waals surface area contributed by atoms with Gasteiger partial charge in [0.25, 0.3) is 0 Å². The van der Waals surface area contributed by atoms with Crippen molar-refractivity contribution in [3.63, 3.8) is 0 Å². The van der Waals surface area contributed by atoms with Crippen molar-refractivity contribution in [3.05, 3.63) is 35.2 Å². The van der Waals surface area contributed by atoms with Crippen molar-refractivity contribution in [2.24, 2.45) is 4.99 Å². The number of aromatic nitrogens is 2. The Morgan fingerprint density at radius 3 is 2.93 bits per heavy atom. The number of aliphatic imine (C=N–C) groups is 1. The topological polar surface area (TPSA) is 93.8 Å². The van der Waals surface area contributed by atoms with Crippen LogP contribution in [0.15, 0.2) is 33.8 Å². The van der Waals surface area contributed by atoms with Crippen molar-refractivity contribution in [3.8, 4) is 11.4 Å². The summed E-state index contributed by atoms with van der Waals surface area (Å²) in [5, 5.41) is 11.1. The van der Waals surface area contributed by atoms with Crippen molar-refractivity contribution in [1.29, 1.82) is 0 Å². The van der Waals surface area contributed by atoms with Gasteiger partial charge < -0.3 is 24.6 Å². The summed E-state index contributed by atoms with van der Waals surface area (Å²) in [5.41, 5.74) is 0.832. The van der Waals surface area contributed by atoms with Gasteiger partial charge in [-0.2, -0.15) is 4.98 Å².